The third-order valence-corrected chi connectivity index (χ3v) is 7.13. The molecule has 4 rings (SSSR count). The molecule has 2 aliphatic rings. The zero-order valence-electron chi connectivity index (χ0n) is 20.1. The number of hydrogen-bond acceptors (Lipinski definition) is 6. The maximum absolute atomic E-state index is 13.2. The third kappa shape index (κ3) is 6.86. The molecule has 0 unspecified atom stereocenters. The molecule has 0 atom stereocenters. The second-order valence-corrected chi connectivity index (χ2v) is 9.80. The molecule has 0 bridgehead atoms. The van der Waals surface area contributed by atoms with Crippen LogP contribution in [0.5, 0.6) is 5.75 Å². The Morgan fingerprint density at radius 2 is 1.66 bits per heavy atom. The van der Waals surface area contributed by atoms with Crippen molar-refractivity contribution in [3.8, 4) is 5.75 Å². The van der Waals surface area contributed by atoms with Crippen molar-refractivity contribution < 1.29 is 18.7 Å². The first-order valence-electron chi connectivity index (χ1n) is 12.2. The Morgan fingerprint density at radius 1 is 0.943 bits per heavy atom. The van der Waals surface area contributed by atoms with Crippen LogP contribution in [0.2, 0.25) is 0 Å². The van der Waals surface area contributed by atoms with Gasteiger partial charge in [-0.15, -0.1) is 0 Å². The van der Waals surface area contributed by atoms with Crippen LogP contribution in [0.1, 0.15) is 38.2 Å². The topological polar surface area (TPSA) is 53.1 Å². The average Bonchev–Trinajstić information content (AvgIpc) is 3.13. The summed E-state index contributed by atoms with van der Waals surface area (Å²) in [6, 6.07) is 14.1. The number of nitrogens with zero attached hydrogens (tertiary/aromatic N) is 3. The summed E-state index contributed by atoms with van der Waals surface area (Å²) in [7, 11) is 0. The summed E-state index contributed by atoms with van der Waals surface area (Å²) in [6.45, 7) is 6.12. The van der Waals surface area contributed by atoms with E-state index in [0.717, 1.165) is 61.4 Å². The van der Waals surface area contributed by atoms with E-state index in [9.17, 15) is 14.0 Å². The van der Waals surface area contributed by atoms with Gasteiger partial charge in [0.05, 0.1) is 18.2 Å². The molecule has 0 radical (unpaired) electrons. The predicted molar refractivity (Wildman–Crippen MR) is 139 cm³/mol. The fourth-order valence-electron chi connectivity index (χ4n) is 4.15. The molecule has 2 amide bonds. The highest BCUT2D eigenvalue weighted by atomic mass is 32.2. The molecule has 2 saturated heterocycles. The van der Waals surface area contributed by atoms with Gasteiger partial charge in [-0.2, -0.15) is 0 Å². The van der Waals surface area contributed by atoms with Gasteiger partial charge in [-0.1, -0.05) is 38.3 Å². The number of imide groups is 1. The lowest BCUT2D eigenvalue weighted by Gasteiger charge is -2.37. The lowest BCUT2D eigenvalue weighted by Crippen LogP contribution is -2.50. The molecule has 0 N–H and O–H groups in total. The van der Waals surface area contributed by atoms with E-state index in [-0.39, 0.29) is 23.6 Å². The molecule has 2 aromatic carbocycles. The highest BCUT2D eigenvalue weighted by Crippen LogP contribution is 2.32. The van der Waals surface area contributed by atoms with Gasteiger partial charge in [-0.3, -0.25) is 19.4 Å². The van der Waals surface area contributed by atoms with Gasteiger partial charge >= 0.3 is 0 Å². The van der Waals surface area contributed by atoms with Crippen LogP contribution >= 0.6 is 11.8 Å². The predicted octanol–water partition coefficient (Wildman–Crippen LogP) is 5.60. The van der Waals surface area contributed by atoms with Gasteiger partial charge in [-0.25, -0.2) is 4.39 Å². The summed E-state index contributed by atoms with van der Waals surface area (Å²) in [5.41, 5.74) is 1.84. The number of benzene rings is 2. The van der Waals surface area contributed by atoms with E-state index in [1.165, 1.54) is 36.3 Å². The monoisotopic (exact) mass is 497 g/mol. The van der Waals surface area contributed by atoms with Crippen LogP contribution in [-0.4, -0.2) is 60.4 Å². The smallest absolute Gasteiger partial charge is 0.294 e. The summed E-state index contributed by atoms with van der Waals surface area (Å²) >= 11 is 0.984. The van der Waals surface area contributed by atoms with E-state index in [1.54, 1.807) is 18.2 Å². The molecular weight excluding hydrogens is 465 g/mol. The summed E-state index contributed by atoms with van der Waals surface area (Å²) in [5, 5.41) is -0.241. The first-order chi connectivity index (χ1) is 17.0. The Balaban J connectivity index is 1.27. The minimum Gasteiger partial charge on any atom is -0.494 e. The van der Waals surface area contributed by atoms with Crippen molar-refractivity contribution in [3.63, 3.8) is 0 Å². The van der Waals surface area contributed by atoms with Crippen molar-refractivity contribution in [1.29, 1.82) is 0 Å². The SMILES string of the molecule is CCCCCCOc1ccc(C=C2SC(=O)N(CN3CCN(c4ccc(F)cc4)CC3)C2=O)cc1. The fraction of sp³-hybridized carbons (Fsp3) is 0.407. The summed E-state index contributed by atoms with van der Waals surface area (Å²) in [5.74, 6) is 0.311. The van der Waals surface area contributed by atoms with Gasteiger partial charge in [-0.05, 0) is 66.2 Å². The molecule has 0 saturated carbocycles. The highest BCUT2D eigenvalue weighted by molar-refractivity contribution is 8.18. The van der Waals surface area contributed by atoms with Crippen molar-refractivity contribution in [2.24, 2.45) is 0 Å². The van der Waals surface area contributed by atoms with Gasteiger partial charge < -0.3 is 9.64 Å². The first-order valence-corrected chi connectivity index (χ1v) is 13.1. The normalized spacial score (nSPS) is 18.1. The molecule has 0 spiro atoms. The maximum atomic E-state index is 13.2. The molecule has 186 valence electrons. The number of amides is 2. The van der Waals surface area contributed by atoms with Crippen LogP contribution in [0.25, 0.3) is 6.08 Å². The van der Waals surface area contributed by atoms with Crippen LogP contribution in [0.15, 0.2) is 53.4 Å². The van der Waals surface area contributed by atoms with Crippen LogP contribution < -0.4 is 9.64 Å². The molecule has 35 heavy (non-hydrogen) atoms. The molecule has 2 aromatic rings. The first kappa shape index (κ1) is 25.3. The van der Waals surface area contributed by atoms with Crippen molar-refractivity contribution in [1.82, 2.24) is 9.80 Å². The minimum atomic E-state index is -0.253. The van der Waals surface area contributed by atoms with Crippen molar-refractivity contribution in [3.05, 3.63) is 64.8 Å². The number of carbonyl (C=O) groups is 2. The number of halogens is 1. The van der Waals surface area contributed by atoms with Crippen LogP contribution in [0, 0.1) is 5.82 Å². The molecule has 0 aromatic heterocycles. The molecule has 2 aliphatic heterocycles. The van der Waals surface area contributed by atoms with Crippen LogP contribution in [0.3, 0.4) is 0 Å². The van der Waals surface area contributed by atoms with Gasteiger partial charge in [0.2, 0.25) is 0 Å². The zero-order chi connectivity index (χ0) is 24.6. The molecule has 2 fully saturated rings. The number of unbranched alkanes of at least 4 members (excludes halogenated alkanes) is 3. The van der Waals surface area contributed by atoms with E-state index < -0.39 is 0 Å². The quantitative estimate of drug-likeness (QED) is 0.315. The molecule has 0 aliphatic carbocycles. The van der Waals surface area contributed by atoms with Crippen molar-refractivity contribution >= 4 is 34.7 Å². The average molecular weight is 498 g/mol. The Bertz CT molecular complexity index is 1030. The summed E-state index contributed by atoms with van der Waals surface area (Å²) in [6.07, 6.45) is 6.42. The molecule has 8 heteroatoms. The Morgan fingerprint density at radius 3 is 2.34 bits per heavy atom. The zero-order valence-corrected chi connectivity index (χ0v) is 20.9. The van der Waals surface area contributed by atoms with E-state index in [4.69, 9.17) is 4.74 Å². The number of rotatable bonds is 10. The van der Waals surface area contributed by atoms with Crippen molar-refractivity contribution in [2.45, 2.75) is 32.6 Å². The number of carbonyl (C=O) groups excluding carboxylic acids is 2. The van der Waals surface area contributed by atoms with Crippen LogP contribution in [0.4, 0.5) is 14.9 Å². The summed E-state index contributed by atoms with van der Waals surface area (Å²) in [4.78, 5) is 31.5. The maximum Gasteiger partial charge on any atom is 0.294 e. The second kappa shape index (κ2) is 12.2. The lowest BCUT2D eigenvalue weighted by molar-refractivity contribution is -0.124. The van der Waals surface area contributed by atoms with E-state index in [2.05, 4.69) is 16.7 Å². The molecule has 6 nitrogen and oxygen atoms in total. The minimum absolute atomic E-state index is 0.241. The van der Waals surface area contributed by atoms with Gasteiger partial charge in [0, 0.05) is 31.9 Å². The Hall–Kier alpha value is -2.84. The third-order valence-electron chi connectivity index (χ3n) is 6.22. The number of ether oxygens (including phenoxy) is 1. The van der Waals surface area contributed by atoms with E-state index in [0.29, 0.717) is 11.5 Å². The number of hydrogen-bond donors (Lipinski definition) is 0. The number of thioether (sulfide) groups is 1. The van der Waals surface area contributed by atoms with E-state index in [1.807, 2.05) is 24.3 Å². The van der Waals surface area contributed by atoms with Gasteiger partial charge in [0.1, 0.15) is 11.6 Å². The fourth-order valence-corrected chi connectivity index (χ4v) is 4.98. The van der Waals surface area contributed by atoms with E-state index >= 15 is 0 Å². The largest absolute Gasteiger partial charge is 0.494 e. The van der Waals surface area contributed by atoms with Crippen molar-refractivity contribution in [2.75, 3.05) is 44.4 Å². The molecule has 2 heterocycles. The molecular formula is C27H32FN3O3S. The van der Waals surface area contributed by atoms with Crippen LogP contribution in [-0.2, 0) is 4.79 Å². The number of piperazine rings is 1. The number of anilines is 1. The standard InChI is InChI=1S/C27H32FN3O3S/c1-2-3-4-5-18-34-24-12-6-21(7-13-24)19-25-26(32)31(27(33)35-25)20-29-14-16-30(17-15-29)23-10-8-22(28)9-11-23/h6-13,19H,2-5,14-18,20H2,1H3. The second-order valence-electron chi connectivity index (χ2n) is 8.81. The summed E-state index contributed by atoms with van der Waals surface area (Å²) < 4.78 is 19.0. The van der Waals surface area contributed by atoms with Gasteiger partial charge in [0.15, 0.2) is 0 Å². The van der Waals surface area contributed by atoms with Gasteiger partial charge in [0.25, 0.3) is 11.1 Å². The Labute approximate surface area is 210 Å². The lowest BCUT2D eigenvalue weighted by atomic mass is 10.2. The highest BCUT2D eigenvalue weighted by Gasteiger charge is 2.36. The Kier molecular flexibility index (Phi) is 8.82.